The molecule has 0 radical (unpaired) electrons. The lowest BCUT2D eigenvalue weighted by molar-refractivity contribution is -0.121. The Morgan fingerprint density at radius 3 is 2.52 bits per heavy atom. The molecule has 0 saturated carbocycles. The van der Waals surface area contributed by atoms with Gasteiger partial charge in [-0.3, -0.25) is 4.79 Å². The number of nitrogens with one attached hydrogen (secondary N) is 2. The quantitative estimate of drug-likeness (QED) is 0.830. The van der Waals surface area contributed by atoms with Gasteiger partial charge in [-0.25, -0.2) is 4.79 Å². The lowest BCUT2D eigenvalue weighted by Gasteiger charge is -2.32. The number of urea groups is 1. The summed E-state index contributed by atoms with van der Waals surface area (Å²) in [6.45, 7) is 2.27. The number of benzene rings is 2. The van der Waals surface area contributed by atoms with Gasteiger partial charge in [0, 0.05) is 37.0 Å². The Labute approximate surface area is 170 Å². The normalized spacial score (nSPS) is 18.5. The molecule has 0 unspecified atom stereocenters. The number of para-hydroxylation sites is 1. The van der Waals surface area contributed by atoms with Crippen LogP contribution < -0.4 is 20.1 Å². The second-order valence-electron chi connectivity index (χ2n) is 7.28. The summed E-state index contributed by atoms with van der Waals surface area (Å²) >= 11 is 0. The van der Waals surface area contributed by atoms with Crippen molar-refractivity contribution in [3.05, 3.63) is 48.5 Å². The molecular weight excluding hydrogens is 370 g/mol. The average Bonchev–Trinajstić information content (AvgIpc) is 2.99. The number of carbonyl (C=O) groups is 2. The van der Waals surface area contributed by atoms with Gasteiger partial charge in [0.15, 0.2) is 11.5 Å². The molecule has 1 atom stereocenters. The van der Waals surface area contributed by atoms with E-state index in [1.165, 1.54) is 0 Å². The van der Waals surface area contributed by atoms with Crippen molar-refractivity contribution in [3.8, 4) is 11.5 Å². The molecule has 2 aliphatic rings. The van der Waals surface area contributed by atoms with E-state index in [1.807, 2.05) is 42.5 Å². The summed E-state index contributed by atoms with van der Waals surface area (Å²) in [5, 5.41) is 5.84. The summed E-state index contributed by atoms with van der Waals surface area (Å²) in [6.07, 6.45) is 2.38. The zero-order valence-electron chi connectivity index (χ0n) is 16.2. The number of anilines is 2. The molecule has 2 heterocycles. The number of fused-ring (bicyclic) bond motifs is 1. The number of hydrogen-bond acceptors (Lipinski definition) is 4. The van der Waals surface area contributed by atoms with E-state index in [-0.39, 0.29) is 17.9 Å². The van der Waals surface area contributed by atoms with Crippen LogP contribution in [-0.2, 0) is 4.79 Å². The lowest BCUT2D eigenvalue weighted by atomic mass is 9.97. The SMILES string of the molecule is O=C(Nc1ccc2c(c1)OCCCO2)[C@@H]1CCCN(C(=O)Nc2ccccc2)C1. The van der Waals surface area contributed by atoms with Crippen LogP contribution in [0.1, 0.15) is 19.3 Å². The highest BCUT2D eigenvalue weighted by molar-refractivity contribution is 5.94. The second kappa shape index (κ2) is 8.86. The Hall–Kier alpha value is -3.22. The molecule has 152 valence electrons. The van der Waals surface area contributed by atoms with Gasteiger partial charge in [0.05, 0.1) is 19.1 Å². The van der Waals surface area contributed by atoms with Crippen LogP contribution in [0.15, 0.2) is 48.5 Å². The molecule has 2 aromatic carbocycles. The van der Waals surface area contributed by atoms with Gasteiger partial charge < -0.3 is 25.0 Å². The lowest BCUT2D eigenvalue weighted by Crippen LogP contribution is -2.45. The highest BCUT2D eigenvalue weighted by Crippen LogP contribution is 2.32. The number of hydrogen-bond donors (Lipinski definition) is 2. The highest BCUT2D eigenvalue weighted by atomic mass is 16.5. The fraction of sp³-hybridized carbons (Fsp3) is 0.364. The first-order valence-corrected chi connectivity index (χ1v) is 10.0. The fourth-order valence-corrected chi connectivity index (χ4v) is 3.58. The minimum absolute atomic E-state index is 0.0864. The summed E-state index contributed by atoms with van der Waals surface area (Å²) < 4.78 is 11.3. The second-order valence-corrected chi connectivity index (χ2v) is 7.28. The van der Waals surface area contributed by atoms with Crippen LogP contribution in [0, 0.1) is 5.92 Å². The van der Waals surface area contributed by atoms with E-state index in [1.54, 1.807) is 11.0 Å². The molecule has 7 nitrogen and oxygen atoms in total. The summed E-state index contributed by atoms with van der Waals surface area (Å²) in [4.78, 5) is 27.0. The van der Waals surface area contributed by atoms with Gasteiger partial charge in [-0.1, -0.05) is 18.2 Å². The van der Waals surface area contributed by atoms with Crippen LogP contribution in [0.25, 0.3) is 0 Å². The van der Waals surface area contributed by atoms with Crippen LogP contribution in [0.2, 0.25) is 0 Å². The van der Waals surface area contributed by atoms with E-state index in [0.717, 1.165) is 24.9 Å². The van der Waals surface area contributed by atoms with Gasteiger partial charge in [0.2, 0.25) is 5.91 Å². The first kappa shape index (κ1) is 19.1. The zero-order valence-corrected chi connectivity index (χ0v) is 16.2. The highest BCUT2D eigenvalue weighted by Gasteiger charge is 2.28. The Morgan fingerprint density at radius 1 is 0.897 bits per heavy atom. The van der Waals surface area contributed by atoms with Gasteiger partial charge in [-0.05, 0) is 37.1 Å². The van der Waals surface area contributed by atoms with Gasteiger partial charge >= 0.3 is 6.03 Å². The van der Waals surface area contributed by atoms with Crippen LogP contribution in [0.3, 0.4) is 0 Å². The predicted molar refractivity (Wildman–Crippen MR) is 110 cm³/mol. The van der Waals surface area contributed by atoms with Crippen molar-refractivity contribution in [2.75, 3.05) is 36.9 Å². The molecule has 2 aliphatic heterocycles. The Kier molecular flexibility index (Phi) is 5.84. The van der Waals surface area contributed by atoms with E-state index >= 15 is 0 Å². The van der Waals surface area contributed by atoms with Gasteiger partial charge in [-0.15, -0.1) is 0 Å². The van der Waals surface area contributed by atoms with Crippen molar-refractivity contribution >= 4 is 23.3 Å². The molecule has 0 aromatic heterocycles. The monoisotopic (exact) mass is 395 g/mol. The first-order valence-electron chi connectivity index (χ1n) is 10.0. The fourth-order valence-electron chi connectivity index (χ4n) is 3.58. The molecular formula is C22H25N3O4. The molecule has 2 N–H and O–H groups in total. The average molecular weight is 395 g/mol. The van der Waals surface area contributed by atoms with Crippen LogP contribution in [-0.4, -0.2) is 43.1 Å². The van der Waals surface area contributed by atoms with Crippen LogP contribution in [0.4, 0.5) is 16.2 Å². The van der Waals surface area contributed by atoms with Crippen molar-refractivity contribution < 1.29 is 19.1 Å². The number of carbonyl (C=O) groups excluding carboxylic acids is 2. The maximum Gasteiger partial charge on any atom is 0.321 e. The van der Waals surface area contributed by atoms with Gasteiger partial charge in [0.1, 0.15) is 0 Å². The number of nitrogens with zero attached hydrogens (tertiary/aromatic N) is 1. The van der Waals surface area contributed by atoms with Crippen molar-refractivity contribution in [1.29, 1.82) is 0 Å². The molecule has 0 bridgehead atoms. The van der Waals surface area contributed by atoms with Crippen molar-refractivity contribution in [1.82, 2.24) is 4.90 Å². The van der Waals surface area contributed by atoms with Crippen molar-refractivity contribution in [3.63, 3.8) is 0 Å². The smallest absolute Gasteiger partial charge is 0.321 e. The maximum absolute atomic E-state index is 12.8. The number of ether oxygens (including phenoxy) is 2. The molecule has 7 heteroatoms. The molecule has 3 amide bonds. The van der Waals surface area contributed by atoms with Crippen LogP contribution in [0.5, 0.6) is 11.5 Å². The van der Waals surface area contributed by atoms with Gasteiger partial charge in [-0.2, -0.15) is 0 Å². The summed E-state index contributed by atoms with van der Waals surface area (Å²) in [7, 11) is 0. The molecule has 4 rings (SSSR count). The molecule has 0 spiro atoms. The topological polar surface area (TPSA) is 79.9 Å². The Morgan fingerprint density at radius 2 is 1.69 bits per heavy atom. The Bertz CT molecular complexity index is 872. The number of piperidine rings is 1. The summed E-state index contributed by atoms with van der Waals surface area (Å²) in [5.41, 5.74) is 1.42. The van der Waals surface area contributed by atoms with E-state index in [4.69, 9.17) is 9.47 Å². The minimum Gasteiger partial charge on any atom is -0.490 e. The number of rotatable bonds is 3. The van der Waals surface area contributed by atoms with Gasteiger partial charge in [0.25, 0.3) is 0 Å². The van der Waals surface area contributed by atoms with Crippen molar-refractivity contribution in [2.45, 2.75) is 19.3 Å². The van der Waals surface area contributed by atoms with Crippen molar-refractivity contribution in [2.24, 2.45) is 5.92 Å². The van der Waals surface area contributed by atoms with E-state index in [0.29, 0.717) is 43.5 Å². The van der Waals surface area contributed by atoms with E-state index in [2.05, 4.69) is 10.6 Å². The van der Waals surface area contributed by atoms with E-state index < -0.39 is 0 Å². The minimum atomic E-state index is -0.249. The number of likely N-dealkylation sites (tertiary alicyclic amines) is 1. The molecule has 2 aromatic rings. The standard InChI is InChI=1S/C22H25N3O4/c26-21(23-18-9-10-19-20(14-18)29-13-5-12-28-19)16-6-4-11-25(15-16)22(27)24-17-7-2-1-3-8-17/h1-3,7-10,14,16H,4-6,11-13,15H2,(H,23,26)(H,24,27)/t16-/m1/s1. The van der Waals surface area contributed by atoms with Crippen LogP contribution >= 0.6 is 0 Å². The van der Waals surface area contributed by atoms with E-state index in [9.17, 15) is 9.59 Å². The summed E-state index contributed by atoms with van der Waals surface area (Å²) in [6, 6.07) is 14.6. The predicted octanol–water partition coefficient (Wildman–Crippen LogP) is 3.73. The number of amides is 3. The third-order valence-electron chi connectivity index (χ3n) is 5.12. The third-order valence-corrected chi connectivity index (χ3v) is 5.12. The zero-order chi connectivity index (χ0) is 20.1. The third kappa shape index (κ3) is 4.80. The first-order chi connectivity index (χ1) is 14.2. The summed E-state index contributed by atoms with van der Waals surface area (Å²) in [5.74, 6) is 1.01. The molecule has 0 aliphatic carbocycles. The molecule has 1 saturated heterocycles. The maximum atomic E-state index is 12.8. The molecule has 1 fully saturated rings. The molecule has 29 heavy (non-hydrogen) atoms. The Balaban J connectivity index is 1.36. The largest absolute Gasteiger partial charge is 0.490 e.